The van der Waals surface area contributed by atoms with Crippen LogP contribution >= 0.6 is 0 Å². The van der Waals surface area contributed by atoms with Crippen LogP contribution in [0, 0.1) is 20.2 Å². The summed E-state index contributed by atoms with van der Waals surface area (Å²) in [7, 11) is 0. The van der Waals surface area contributed by atoms with Crippen molar-refractivity contribution >= 4 is 29.2 Å². The van der Waals surface area contributed by atoms with E-state index in [2.05, 4.69) is 0 Å². The first-order valence-electron chi connectivity index (χ1n) is 7.70. The molecule has 0 aliphatic carbocycles. The number of para-hydroxylation sites is 1. The van der Waals surface area contributed by atoms with Gasteiger partial charge in [-0.05, 0) is 36.8 Å². The van der Waals surface area contributed by atoms with Crippen molar-refractivity contribution in [1.29, 1.82) is 0 Å². The molecule has 7 nitrogen and oxygen atoms in total. The summed E-state index contributed by atoms with van der Waals surface area (Å²) in [6.45, 7) is 2.68. The molecule has 0 spiro atoms. The quantitative estimate of drug-likeness (QED) is 0.609. The van der Waals surface area contributed by atoms with Crippen LogP contribution in [0.4, 0.5) is 17.1 Å². The fraction of sp³-hybridized carbons (Fsp3) is 0.111. The summed E-state index contributed by atoms with van der Waals surface area (Å²) in [4.78, 5) is 23.0. The summed E-state index contributed by atoms with van der Waals surface area (Å²) in [6, 6.07) is 11.5. The Labute approximate surface area is 143 Å². The number of benzene rings is 2. The number of nitro benzene ring substituents is 2. The van der Waals surface area contributed by atoms with Gasteiger partial charge >= 0.3 is 0 Å². The number of rotatable bonds is 4. The summed E-state index contributed by atoms with van der Waals surface area (Å²) >= 11 is 0. The first-order valence-corrected chi connectivity index (χ1v) is 7.70. The van der Waals surface area contributed by atoms with Crippen LogP contribution < -0.4 is 4.90 Å². The molecule has 0 fully saturated rings. The van der Waals surface area contributed by atoms with E-state index in [4.69, 9.17) is 0 Å². The van der Waals surface area contributed by atoms with Crippen LogP contribution in [0.3, 0.4) is 0 Å². The van der Waals surface area contributed by atoms with Gasteiger partial charge in [0.05, 0.1) is 21.5 Å². The first-order chi connectivity index (χ1) is 12.0. The number of fused-ring (bicyclic) bond motifs is 1. The van der Waals surface area contributed by atoms with Crippen LogP contribution in [0.15, 0.2) is 54.2 Å². The number of likely N-dealkylation sites (N-methyl/N-ethyl adjacent to an activating group) is 1. The molecule has 7 heteroatoms. The van der Waals surface area contributed by atoms with Crippen LogP contribution in [-0.4, -0.2) is 16.4 Å². The molecule has 0 saturated heterocycles. The standard InChI is InChI=1S/C18H15N3O4/c1-2-19-15(9-7-13-5-3-4-6-17(13)19)11-14-8-10-16(20(22)23)12-18(14)21(24)25/h3-12H,2H2,1H3/b15-11+. The largest absolute Gasteiger partial charge is 0.341 e. The summed E-state index contributed by atoms with van der Waals surface area (Å²) in [6.07, 6.45) is 5.51. The van der Waals surface area contributed by atoms with Crippen molar-refractivity contribution in [3.63, 3.8) is 0 Å². The van der Waals surface area contributed by atoms with Gasteiger partial charge in [0.25, 0.3) is 11.4 Å². The van der Waals surface area contributed by atoms with Crippen LogP contribution in [0.5, 0.6) is 0 Å². The molecule has 0 atom stereocenters. The van der Waals surface area contributed by atoms with E-state index in [1.165, 1.54) is 12.1 Å². The predicted molar refractivity (Wildman–Crippen MR) is 96.2 cm³/mol. The van der Waals surface area contributed by atoms with Crippen LogP contribution in [0.1, 0.15) is 18.1 Å². The van der Waals surface area contributed by atoms with E-state index < -0.39 is 9.85 Å². The second-order valence-corrected chi connectivity index (χ2v) is 5.46. The molecule has 3 rings (SSSR count). The van der Waals surface area contributed by atoms with E-state index >= 15 is 0 Å². The Bertz CT molecular complexity index is 918. The Morgan fingerprint density at radius 2 is 1.80 bits per heavy atom. The monoisotopic (exact) mass is 337 g/mol. The Balaban J connectivity index is 2.09. The Kier molecular flexibility index (Phi) is 4.30. The fourth-order valence-electron chi connectivity index (χ4n) is 2.84. The number of nitrogens with zero attached hydrogens (tertiary/aromatic N) is 3. The van der Waals surface area contributed by atoms with Crippen LogP contribution in [0.2, 0.25) is 0 Å². The molecule has 1 aliphatic rings. The lowest BCUT2D eigenvalue weighted by Gasteiger charge is -2.29. The van der Waals surface area contributed by atoms with Crippen molar-refractivity contribution in [2.75, 3.05) is 11.4 Å². The second kappa shape index (κ2) is 6.56. The van der Waals surface area contributed by atoms with Gasteiger partial charge in [-0.1, -0.05) is 24.3 Å². The minimum absolute atomic E-state index is 0.287. The third kappa shape index (κ3) is 3.12. The maximum absolute atomic E-state index is 11.3. The molecular weight excluding hydrogens is 322 g/mol. The van der Waals surface area contributed by atoms with Crippen molar-refractivity contribution in [3.05, 3.63) is 85.6 Å². The molecule has 0 aromatic heterocycles. The minimum Gasteiger partial charge on any atom is -0.341 e. The molecule has 0 amide bonds. The lowest BCUT2D eigenvalue weighted by Crippen LogP contribution is -2.23. The number of non-ortho nitro benzene ring substituents is 1. The summed E-state index contributed by atoms with van der Waals surface area (Å²) < 4.78 is 0. The summed E-state index contributed by atoms with van der Waals surface area (Å²) in [5.41, 5.74) is 2.62. The highest BCUT2D eigenvalue weighted by atomic mass is 16.6. The van der Waals surface area contributed by atoms with Gasteiger partial charge in [-0.3, -0.25) is 20.2 Å². The molecule has 0 radical (unpaired) electrons. The van der Waals surface area contributed by atoms with E-state index in [0.29, 0.717) is 12.1 Å². The van der Waals surface area contributed by atoms with Gasteiger partial charge in [0.1, 0.15) is 0 Å². The van der Waals surface area contributed by atoms with Crippen molar-refractivity contribution < 1.29 is 9.85 Å². The Hall–Kier alpha value is -3.48. The number of nitro groups is 2. The van der Waals surface area contributed by atoms with Crippen molar-refractivity contribution in [3.8, 4) is 0 Å². The molecular formula is C18H15N3O4. The number of allylic oxidation sites excluding steroid dienone is 1. The zero-order valence-electron chi connectivity index (χ0n) is 13.5. The zero-order valence-corrected chi connectivity index (χ0v) is 13.5. The van der Waals surface area contributed by atoms with Gasteiger partial charge in [-0.2, -0.15) is 0 Å². The van der Waals surface area contributed by atoms with Gasteiger partial charge in [-0.25, -0.2) is 0 Å². The lowest BCUT2D eigenvalue weighted by atomic mass is 10.0. The molecule has 1 aliphatic heterocycles. The SMILES string of the molecule is CCN1/C(=C/c2ccc([N+](=O)[O-])cc2[N+](=O)[O-])C=Cc2ccccc21. The van der Waals surface area contributed by atoms with Crippen molar-refractivity contribution in [1.82, 2.24) is 0 Å². The number of hydrogen-bond acceptors (Lipinski definition) is 5. The van der Waals surface area contributed by atoms with E-state index in [9.17, 15) is 20.2 Å². The smallest absolute Gasteiger partial charge is 0.283 e. The van der Waals surface area contributed by atoms with Gasteiger partial charge in [-0.15, -0.1) is 0 Å². The van der Waals surface area contributed by atoms with E-state index in [1.807, 2.05) is 48.2 Å². The zero-order chi connectivity index (χ0) is 18.0. The van der Waals surface area contributed by atoms with Crippen LogP contribution in [0.25, 0.3) is 12.2 Å². The summed E-state index contributed by atoms with van der Waals surface area (Å²) in [5.74, 6) is 0. The first kappa shape index (κ1) is 16.4. The molecule has 0 N–H and O–H groups in total. The summed E-state index contributed by atoms with van der Waals surface area (Å²) in [5, 5.41) is 22.2. The molecule has 2 aromatic rings. The molecule has 1 heterocycles. The third-order valence-electron chi connectivity index (χ3n) is 4.01. The average Bonchev–Trinajstić information content (AvgIpc) is 2.61. The minimum atomic E-state index is -0.640. The molecule has 2 aromatic carbocycles. The molecule has 126 valence electrons. The highest BCUT2D eigenvalue weighted by Gasteiger charge is 2.21. The predicted octanol–water partition coefficient (Wildman–Crippen LogP) is 4.40. The average molecular weight is 337 g/mol. The number of hydrogen-bond donors (Lipinski definition) is 0. The second-order valence-electron chi connectivity index (χ2n) is 5.46. The van der Waals surface area contributed by atoms with Gasteiger partial charge in [0.2, 0.25) is 0 Å². The lowest BCUT2D eigenvalue weighted by molar-refractivity contribution is -0.394. The fourth-order valence-corrected chi connectivity index (χ4v) is 2.84. The van der Waals surface area contributed by atoms with Gasteiger partial charge in [0, 0.05) is 24.0 Å². The highest BCUT2D eigenvalue weighted by molar-refractivity contribution is 5.81. The van der Waals surface area contributed by atoms with E-state index in [-0.39, 0.29) is 11.4 Å². The van der Waals surface area contributed by atoms with Crippen molar-refractivity contribution in [2.24, 2.45) is 0 Å². The normalized spacial score (nSPS) is 14.4. The Morgan fingerprint density at radius 1 is 1.04 bits per heavy atom. The maximum atomic E-state index is 11.3. The van der Waals surface area contributed by atoms with Gasteiger partial charge in [0.15, 0.2) is 0 Å². The van der Waals surface area contributed by atoms with E-state index in [0.717, 1.165) is 23.0 Å². The molecule has 0 unspecified atom stereocenters. The molecule has 0 saturated carbocycles. The maximum Gasteiger partial charge on any atom is 0.283 e. The van der Waals surface area contributed by atoms with Crippen LogP contribution in [-0.2, 0) is 0 Å². The van der Waals surface area contributed by atoms with Gasteiger partial charge < -0.3 is 4.90 Å². The van der Waals surface area contributed by atoms with E-state index in [1.54, 1.807) is 6.08 Å². The topological polar surface area (TPSA) is 89.5 Å². The molecule has 0 bridgehead atoms. The third-order valence-corrected chi connectivity index (χ3v) is 4.01. The van der Waals surface area contributed by atoms with Crippen molar-refractivity contribution in [2.45, 2.75) is 6.92 Å². The Morgan fingerprint density at radius 3 is 2.48 bits per heavy atom. The molecule has 25 heavy (non-hydrogen) atoms. The highest BCUT2D eigenvalue weighted by Crippen LogP contribution is 2.33. The number of anilines is 1.